The first-order valence-corrected chi connectivity index (χ1v) is 4.75. The number of hydrogen-bond acceptors (Lipinski definition) is 2. The van der Waals surface area contributed by atoms with E-state index in [-0.39, 0.29) is 0 Å². The molecule has 0 aliphatic rings. The van der Waals surface area contributed by atoms with Crippen LogP contribution in [0.2, 0.25) is 0 Å². The molecule has 72 valence electrons. The summed E-state index contributed by atoms with van der Waals surface area (Å²) in [6, 6.07) is 0. The number of hydrogen-bond donors (Lipinski definition) is 1. The van der Waals surface area contributed by atoms with Crippen LogP contribution in [0.25, 0.3) is 5.52 Å². The Kier molecular flexibility index (Phi) is 2.03. The molecule has 5 heteroatoms. The molecule has 0 fully saturated rings. The molecule has 0 saturated heterocycles. The van der Waals surface area contributed by atoms with E-state index in [0.29, 0.717) is 10.2 Å². The first-order chi connectivity index (χ1) is 6.59. The van der Waals surface area contributed by atoms with Crippen LogP contribution in [0.5, 0.6) is 0 Å². The number of carbonyl (C=O) groups is 1. The van der Waals surface area contributed by atoms with Gasteiger partial charge in [-0.25, -0.2) is 9.78 Å². The minimum absolute atomic E-state index is 0.310. The molecule has 0 saturated carbocycles. The molecule has 0 aliphatic heterocycles. The van der Waals surface area contributed by atoms with Gasteiger partial charge in [0.2, 0.25) is 0 Å². The number of halogens is 1. The summed E-state index contributed by atoms with van der Waals surface area (Å²) in [5.41, 5.74) is 1.85. The van der Waals surface area contributed by atoms with Gasteiger partial charge < -0.3 is 9.51 Å². The fraction of sp³-hybridized carbons (Fsp3) is 0.111. The largest absolute Gasteiger partial charge is 0.478 e. The third-order valence-electron chi connectivity index (χ3n) is 2.12. The summed E-state index contributed by atoms with van der Waals surface area (Å²) < 4.78 is 2.42. The Morgan fingerprint density at radius 1 is 1.57 bits per heavy atom. The monoisotopic (exact) mass is 254 g/mol. The average Bonchev–Trinajstić information content (AvgIpc) is 2.43. The van der Waals surface area contributed by atoms with E-state index in [1.807, 2.05) is 0 Å². The van der Waals surface area contributed by atoms with Crippen LogP contribution >= 0.6 is 15.9 Å². The highest BCUT2D eigenvalue weighted by atomic mass is 79.9. The van der Waals surface area contributed by atoms with Crippen LogP contribution in [-0.2, 0) is 0 Å². The van der Waals surface area contributed by atoms with E-state index < -0.39 is 5.97 Å². The summed E-state index contributed by atoms with van der Waals surface area (Å²) in [5.74, 6) is -0.915. The molecule has 0 unspecified atom stereocenters. The Bertz CT molecular complexity index is 519. The van der Waals surface area contributed by atoms with Crippen molar-refractivity contribution in [3.63, 3.8) is 0 Å². The fourth-order valence-corrected chi connectivity index (χ4v) is 1.72. The highest BCUT2D eigenvalue weighted by Gasteiger charge is 2.12. The topological polar surface area (TPSA) is 54.6 Å². The smallest absolute Gasteiger partial charge is 0.337 e. The van der Waals surface area contributed by atoms with Gasteiger partial charge in [0.15, 0.2) is 0 Å². The first kappa shape index (κ1) is 9.21. The summed E-state index contributed by atoms with van der Waals surface area (Å²) in [6.07, 6.45) is 4.96. The normalized spacial score (nSPS) is 10.7. The Morgan fingerprint density at radius 2 is 2.29 bits per heavy atom. The lowest BCUT2D eigenvalue weighted by Gasteiger charge is -1.94. The van der Waals surface area contributed by atoms with Crippen LogP contribution in [0, 0.1) is 6.92 Å². The van der Waals surface area contributed by atoms with Gasteiger partial charge in [-0.05, 0) is 28.4 Å². The molecular formula is C9H7BrN2O2. The highest BCUT2D eigenvalue weighted by molar-refractivity contribution is 9.10. The van der Waals surface area contributed by atoms with Gasteiger partial charge in [0.05, 0.1) is 17.3 Å². The van der Waals surface area contributed by atoms with Crippen molar-refractivity contribution in [1.82, 2.24) is 9.38 Å². The molecule has 0 spiro atoms. The van der Waals surface area contributed by atoms with Crippen molar-refractivity contribution in [3.8, 4) is 0 Å². The number of rotatable bonds is 1. The van der Waals surface area contributed by atoms with E-state index in [4.69, 9.17) is 5.11 Å². The summed E-state index contributed by atoms with van der Waals surface area (Å²) in [7, 11) is 0. The molecule has 4 nitrogen and oxygen atoms in total. The molecule has 0 aromatic carbocycles. The lowest BCUT2D eigenvalue weighted by molar-refractivity contribution is 0.0696. The molecular weight excluding hydrogens is 248 g/mol. The maximum Gasteiger partial charge on any atom is 0.337 e. The third-order valence-corrected chi connectivity index (χ3v) is 2.53. The van der Waals surface area contributed by atoms with Crippen LogP contribution in [0.3, 0.4) is 0 Å². The van der Waals surface area contributed by atoms with Gasteiger partial charge in [-0.15, -0.1) is 0 Å². The Labute approximate surface area is 88.3 Å². The molecule has 2 aromatic heterocycles. The number of aromatic carboxylic acids is 1. The first-order valence-electron chi connectivity index (χ1n) is 3.95. The van der Waals surface area contributed by atoms with Crippen LogP contribution in [0.1, 0.15) is 15.9 Å². The molecule has 2 rings (SSSR count). The summed E-state index contributed by atoms with van der Waals surface area (Å²) >= 11 is 3.22. The number of nitrogens with zero attached hydrogens (tertiary/aromatic N) is 2. The zero-order valence-electron chi connectivity index (χ0n) is 7.36. The van der Waals surface area contributed by atoms with Gasteiger partial charge in [-0.2, -0.15) is 0 Å². The number of aromatic nitrogens is 2. The van der Waals surface area contributed by atoms with Gasteiger partial charge in [-0.3, -0.25) is 0 Å². The van der Waals surface area contributed by atoms with Gasteiger partial charge >= 0.3 is 5.97 Å². The SMILES string of the molecule is Cc1c(C(=O)O)cn2cc(Br)ncc12. The lowest BCUT2D eigenvalue weighted by atomic mass is 10.2. The summed E-state index contributed by atoms with van der Waals surface area (Å²) in [4.78, 5) is 14.9. The van der Waals surface area contributed by atoms with Crippen LogP contribution < -0.4 is 0 Å². The van der Waals surface area contributed by atoms with Crippen molar-refractivity contribution in [2.75, 3.05) is 0 Å². The zero-order valence-corrected chi connectivity index (χ0v) is 8.95. The quantitative estimate of drug-likeness (QED) is 0.848. The second kappa shape index (κ2) is 3.09. The van der Waals surface area contributed by atoms with E-state index in [1.54, 1.807) is 29.9 Å². The van der Waals surface area contributed by atoms with Gasteiger partial charge in [0.1, 0.15) is 4.60 Å². The van der Waals surface area contributed by atoms with Gasteiger partial charge in [0, 0.05) is 12.4 Å². The van der Waals surface area contributed by atoms with E-state index >= 15 is 0 Å². The number of carboxylic acid groups (broad SMARTS) is 1. The predicted molar refractivity (Wildman–Crippen MR) is 54.6 cm³/mol. The van der Waals surface area contributed by atoms with Crippen molar-refractivity contribution >= 4 is 27.4 Å². The number of fused-ring (bicyclic) bond motifs is 1. The Morgan fingerprint density at radius 3 is 2.93 bits per heavy atom. The zero-order chi connectivity index (χ0) is 10.3. The summed E-state index contributed by atoms with van der Waals surface area (Å²) in [6.45, 7) is 1.77. The minimum Gasteiger partial charge on any atom is -0.478 e. The van der Waals surface area contributed by atoms with Gasteiger partial charge in [-0.1, -0.05) is 0 Å². The number of aryl methyl sites for hydroxylation is 1. The molecule has 1 N–H and O–H groups in total. The van der Waals surface area contributed by atoms with Crippen molar-refractivity contribution < 1.29 is 9.90 Å². The number of carboxylic acids is 1. The maximum absolute atomic E-state index is 10.8. The second-order valence-corrected chi connectivity index (χ2v) is 3.79. The van der Waals surface area contributed by atoms with Crippen LogP contribution in [0.15, 0.2) is 23.2 Å². The molecule has 0 aliphatic carbocycles. The Hall–Kier alpha value is -1.36. The fourth-order valence-electron chi connectivity index (χ4n) is 1.39. The average molecular weight is 255 g/mol. The standard InChI is InChI=1S/C9H7BrN2O2/c1-5-6(9(13)14)3-12-4-8(10)11-2-7(5)12/h2-4H,1H3,(H,13,14). The van der Waals surface area contributed by atoms with Crippen LogP contribution in [0.4, 0.5) is 0 Å². The molecule has 0 bridgehead atoms. The second-order valence-electron chi connectivity index (χ2n) is 2.98. The molecule has 0 amide bonds. The van der Waals surface area contributed by atoms with E-state index in [0.717, 1.165) is 11.1 Å². The maximum atomic E-state index is 10.8. The lowest BCUT2D eigenvalue weighted by Crippen LogP contribution is -1.95. The highest BCUT2D eigenvalue weighted by Crippen LogP contribution is 2.18. The third kappa shape index (κ3) is 1.29. The van der Waals surface area contributed by atoms with Crippen molar-refractivity contribution in [2.24, 2.45) is 0 Å². The van der Waals surface area contributed by atoms with Crippen molar-refractivity contribution in [3.05, 3.63) is 34.3 Å². The minimum atomic E-state index is -0.915. The molecule has 2 aromatic rings. The van der Waals surface area contributed by atoms with Gasteiger partial charge in [0.25, 0.3) is 0 Å². The molecule has 0 radical (unpaired) electrons. The van der Waals surface area contributed by atoms with E-state index in [9.17, 15) is 4.79 Å². The molecule has 2 heterocycles. The van der Waals surface area contributed by atoms with Crippen molar-refractivity contribution in [1.29, 1.82) is 0 Å². The Balaban J connectivity index is 2.79. The van der Waals surface area contributed by atoms with E-state index in [2.05, 4.69) is 20.9 Å². The van der Waals surface area contributed by atoms with E-state index in [1.165, 1.54) is 0 Å². The van der Waals surface area contributed by atoms with Crippen LogP contribution in [-0.4, -0.2) is 20.5 Å². The predicted octanol–water partition coefficient (Wildman–Crippen LogP) is 2.10. The molecule has 0 atom stereocenters. The molecule has 14 heavy (non-hydrogen) atoms. The summed E-state index contributed by atoms with van der Waals surface area (Å²) in [5, 5.41) is 8.89. The van der Waals surface area contributed by atoms with Crippen molar-refractivity contribution in [2.45, 2.75) is 6.92 Å².